The van der Waals surface area contributed by atoms with Gasteiger partial charge in [-0.05, 0) is 24.7 Å². The van der Waals surface area contributed by atoms with E-state index in [0.29, 0.717) is 17.2 Å². The maximum atomic E-state index is 12.6. The van der Waals surface area contributed by atoms with Crippen LogP contribution in [0.1, 0.15) is 51.4 Å². The number of H-pyrrole nitrogens is 1. The van der Waals surface area contributed by atoms with Gasteiger partial charge in [-0.1, -0.05) is 20.8 Å². The van der Waals surface area contributed by atoms with Gasteiger partial charge in [0.2, 0.25) is 0 Å². The van der Waals surface area contributed by atoms with Crippen LogP contribution < -0.4 is 5.56 Å². The van der Waals surface area contributed by atoms with Crippen molar-refractivity contribution >= 4 is 11.0 Å². The number of hydrogen-bond acceptors (Lipinski definition) is 5. The zero-order valence-electron chi connectivity index (χ0n) is 15.9. The minimum atomic E-state index is -0.0715. The molecule has 0 spiro atoms. The standard InChI is InChI=1S/C19H29N5O2/c1-12(2)9-23-10-13(3)16(11-23)17-21-18-15(19(25)22-17)8-20-24(18)14-4-6-26-7-5-14/h8,12-14,16H,4-7,9-11H2,1-3H3,(H,21,22,25)/t13-,16-/m1/s1. The molecule has 0 radical (unpaired) electrons. The van der Waals surface area contributed by atoms with E-state index in [1.54, 1.807) is 6.20 Å². The molecule has 2 aromatic heterocycles. The van der Waals surface area contributed by atoms with Crippen LogP contribution in [-0.2, 0) is 4.74 Å². The molecule has 7 nitrogen and oxygen atoms in total. The molecule has 0 bridgehead atoms. The van der Waals surface area contributed by atoms with Gasteiger partial charge in [-0.2, -0.15) is 5.10 Å². The van der Waals surface area contributed by atoms with E-state index in [-0.39, 0.29) is 17.5 Å². The van der Waals surface area contributed by atoms with Gasteiger partial charge in [-0.25, -0.2) is 9.67 Å². The van der Waals surface area contributed by atoms with Gasteiger partial charge >= 0.3 is 0 Å². The second-order valence-corrected chi connectivity index (χ2v) is 8.32. The highest BCUT2D eigenvalue weighted by atomic mass is 16.5. The van der Waals surface area contributed by atoms with Crippen molar-refractivity contribution in [3.8, 4) is 0 Å². The molecule has 1 N–H and O–H groups in total. The van der Waals surface area contributed by atoms with Crippen LogP contribution in [0.15, 0.2) is 11.0 Å². The Morgan fingerprint density at radius 1 is 1.31 bits per heavy atom. The molecule has 0 saturated carbocycles. The van der Waals surface area contributed by atoms with Gasteiger partial charge < -0.3 is 14.6 Å². The summed E-state index contributed by atoms with van der Waals surface area (Å²) in [5.41, 5.74) is 0.656. The van der Waals surface area contributed by atoms with Crippen molar-refractivity contribution in [1.29, 1.82) is 0 Å². The first-order valence-electron chi connectivity index (χ1n) is 9.80. The Balaban J connectivity index is 1.67. The molecule has 7 heteroatoms. The first-order valence-corrected chi connectivity index (χ1v) is 9.80. The number of likely N-dealkylation sites (tertiary alicyclic amines) is 1. The van der Waals surface area contributed by atoms with Gasteiger partial charge in [0.1, 0.15) is 11.2 Å². The van der Waals surface area contributed by atoms with Crippen molar-refractivity contribution in [2.45, 2.75) is 45.6 Å². The molecule has 4 rings (SSSR count). The zero-order valence-corrected chi connectivity index (χ0v) is 15.9. The molecular weight excluding hydrogens is 330 g/mol. The normalized spacial score (nSPS) is 25.5. The molecule has 0 aliphatic carbocycles. The van der Waals surface area contributed by atoms with Crippen molar-refractivity contribution in [3.05, 3.63) is 22.4 Å². The third-order valence-corrected chi connectivity index (χ3v) is 5.68. The van der Waals surface area contributed by atoms with Crippen molar-refractivity contribution in [1.82, 2.24) is 24.6 Å². The van der Waals surface area contributed by atoms with Crippen LogP contribution in [0.4, 0.5) is 0 Å². The third kappa shape index (κ3) is 3.30. The van der Waals surface area contributed by atoms with E-state index < -0.39 is 0 Å². The number of aromatic amines is 1. The van der Waals surface area contributed by atoms with E-state index in [4.69, 9.17) is 9.72 Å². The van der Waals surface area contributed by atoms with E-state index in [9.17, 15) is 4.79 Å². The fourth-order valence-corrected chi connectivity index (χ4v) is 4.41. The first kappa shape index (κ1) is 17.7. The molecule has 0 amide bonds. The summed E-state index contributed by atoms with van der Waals surface area (Å²) in [4.78, 5) is 23.1. The summed E-state index contributed by atoms with van der Waals surface area (Å²) >= 11 is 0. The number of rotatable bonds is 4. The molecule has 2 saturated heterocycles. The fraction of sp³-hybridized carbons (Fsp3) is 0.737. The second-order valence-electron chi connectivity index (χ2n) is 8.32. The maximum absolute atomic E-state index is 12.6. The SMILES string of the molecule is CC(C)CN1C[C@@H](C)[C@H](c2nc3c(cnn3C3CCOCC3)c(=O)[nH]2)C1. The average Bonchev–Trinajstić information content (AvgIpc) is 3.19. The molecule has 26 heavy (non-hydrogen) atoms. The summed E-state index contributed by atoms with van der Waals surface area (Å²) in [5, 5.41) is 5.08. The van der Waals surface area contributed by atoms with Crippen molar-refractivity contribution in [2.24, 2.45) is 11.8 Å². The highest BCUT2D eigenvalue weighted by Crippen LogP contribution is 2.31. The Morgan fingerprint density at radius 2 is 2.08 bits per heavy atom. The van der Waals surface area contributed by atoms with E-state index in [1.807, 2.05) is 4.68 Å². The van der Waals surface area contributed by atoms with Crippen molar-refractivity contribution in [2.75, 3.05) is 32.8 Å². The maximum Gasteiger partial charge on any atom is 0.262 e. The molecule has 2 aliphatic heterocycles. The lowest BCUT2D eigenvalue weighted by Crippen LogP contribution is -2.26. The van der Waals surface area contributed by atoms with Crippen molar-refractivity contribution in [3.63, 3.8) is 0 Å². The lowest BCUT2D eigenvalue weighted by molar-refractivity contribution is 0.0673. The predicted molar refractivity (Wildman–Crippen MR) is 100 cm³/mol. The molecular formula is C19H29N5O2. The number of ether oxygens (including phenoxy) is 1. The summed E-state index contributed by atoms with van der Waals surface area (Å²) in [5.74, 6) is 2.21. The largest absolute Gasteiger partial charge is 0.381 e. The Kier molecular flexibility index (Phi) is 4.84. The Hall–Kier alpha value is -1.73. The Bertz CT molecular complexity index is 821. The van der Waals surface area contributed by atoms with Gasteiger partial charge in [0.25, 0.3) is 5.56 Å². The molecule has 2 atom stereocenters. The lowest BCUT2D eigenvalue weighted by atomic mass is 9.97. The van der Waals surface area contributed by atoms with Gasteiger partial charge in [0.15, 0.2) is 5.65 Å². The molecule has 2 aromatic rings. The second kappa shape index (κ2) is 7.12. The van der Waals surface area contributed by atoms with Crippen LogP contribution in [0.3, 0.4) is 0 Å². The van der Waals surface area contributed by atoms with E-state index >= 15 is 0 Å². The minimum Gasteiger partial charge on any atom is -0.381 e. The van der Waals surface area contributed by atoms with E-state index in [1.165, 1.54) is 0 Å². The van der Waals surface area contributed by atoms with Crippen LogP contribution in [0.25, 0.3) is 11.0 Å². The van der Waals surface area contributed by atoms with Gasteiger partial charge in [0.05, 0.1) is 12.2 Å². The molecule has 2 aliphatic rings. The summed E-state index contributed by atoms with van der Waals surface area (Å²) in [6.07, 6.45) is 3.49. The lowest BCUT2D eigenvalue weighted by Gasteiger charge is -2.23. The first-order chi connectivity index (χ1) is 12.5. The monoisotopic (exact) mass is 359 g/mol. The molecule has 2 fully saturated rings. The Morgan fingerprint density at radius 3 is 2.81 bits per heavy atom. The number of hydrogen-bond donors (Lipinski definition) is 1. The quantitative estimate of drug-likeness (QED) is 0.905. The van der Waals surface area contributed by atoms with E-state index in [2.05, 4.69) is 35.8 Å². The van der Waals surface area contributed by atoms with Crippen LogP contribution >= 0.6 is 0 Å². The zero-order chi connectivity index (χ0) is 18.3. The van der Waals surface area contributed by atoms with Crippen LogP contribution in [0, 0.1) is 11.8 Å². The summed E-state index contributed by atoms with van der Waals surface area (Å²) in [6.45, 7) is 11.3. The number of fused-ring (bicyclic) bond motifs is 1. The molecule has 142 valence electrons. The van der Waals surface area contributed by atoms with Gasteiger partial charge in [-0.15, -0.1) is 0 Å². The number of nitrogens with one attached hydrogen (secondary N) is 1. The van der Waals surface area contributed by atoms with Crippen LogP contribution in [0.2, 0.25) is 0 Å². The van der Waals surface area contributed by atoms with Crippen LogP contribution in [-0.4, -0.2) is 57.5 Å². The topological polar surface area (TPSA) is 76.0 Å². The Labute approximate surface area is 153 Å². The number of aromatic nitrogens is 4. The highest BCUT2D eigenvalue weighted by molar-refractivity contribution is 5.73. The van der Waals surface area contributed by atoms with E-state index in [0.717, 1.165) is 57.2 Å². The smallest absolute Gasteiger partial charge is 0.262 e. The summed E-state index contributed by atoms with van der Waals surface area (Å²) in [6, 6.07) is 0.266. The highest BCUT2D eigenvalue weighted by Gasteiger charge is 2.33. The average molecular weight is 359 g/mol. The summed E-state index contributed by atoms with van der Waals surface area (Å²) in [7, 11) is 0. The third-order valence-electron chi connectivity index (χ3n) is 5.68. The minimum absolute atomic E-state index is 0.0715. The fourth-order valence-electron chi connectivity index (χ4n) is 4.41. The molecule has 0 unspecified atom stereocenters. The van der Waals surface area contributed by atoms with Gasteiger partial charge in [0, 0.05) is 38.8 Å². The van der Waals surface area contributed by atoms with Crippen molar-refractivity contribution < 1.29 is 4.74 Å². The van der Waals surface area contributed by atoms with Crippen LogP contribution in [0.5, 0.6) is 0 Å². The predicted octanol–water partition coefficient (Wildman–Crippen LogP) is 2.16. The summed E-state index contributed by atoms with van der Waals surface area (Å²) < 4.78 is 7.41. The molecule has 0 aromatic carbocycles. The van der Waals surface area contributed by atoms with Gasteiger partial charge in [-0.3, -0.25) is 4.79 Å². The number of nitrogens with zero attached hydrogens (tertiary/aromatic N) is 4. The molecule has 4 heterocycles.